The van der Waals surface area contributed by atoms with E-state index in [-0.39, 0.29) is 0 Å². The molecule has 72 valence electrons. The van der Waals surface area contributed by atoms with Crippen molar-refractivity contribution >= 4 is 28.3 Å². The molecule has 3 nitrogen and oxygen atoms in total. The van der Waals surface area contributed by atoms with Crippen LogP contribution in [0, 0.1) is 3.57 Å². The molecule has 14 heavy (non-hydrogen) atoms. The van der Waals surface area contributed by atoms with Crippen LogP contribution >= 0.6 is 22.6 Å². The number of hydrogen-bond donors (Lipinski definition) is 1. The van der Waals surface area contributed by atoms with Crippen LogP contribution in [0.5, 0.6) is 0 Å². The van der Waals surface area contributed by atoms with Gasteiger partial charge in [-0.1, -0.05) is 6.07 Å². The second kappa shape index (κ2) is 4.45. The number of aromatic nitrogens is 1. The van der Waals surface area contributed by atoms with Crippen LogP contribution in [-0.2, 0) is 6.54 Å². The number of nitrogens with zero attached hydrogens (tertiary/aromatic N) is 1. The lowest BCUT2D eigenvalue weighted by Crippen LogP contribution is -1.99. The molecule has 0 amide bonds. The Kier molecular flexibility index (Phi) is 3.03. The molecule has 0 bridgehead atoms. The van der Waals surface area contributed by atoms with Gasteiger partial charge in [0.1, 0.15) is 6.26 Å². The van der Waals surface area contributed by atoms with Gasteiger partial charge in [-0.15, -0.1) is 0 Å². The molecule has 4 heteroatoms. The fraction of sp³-hybridized carbons (Fsp3) is 0.100. The summed E-state index contributed by atoms with van der Waals surface area (Å²) < 4.78 is 6.09. The molecule has 0 aliphatic rings. The van der Waals surface area contributed by atoms with E-state index in [1.165, 1.54) is 9.96 Å². The molecule has 0 unspecified atom stereocenters. The molecular formula is C10H9IN2O. The fourth-order valence-corrected chi connectivity index (χ4v) is 1.66. The molecule has 1 aromatic heterocycles. The van der Waals surface area contributed by atoms with Gasteiger partial charge in [0.15, 0.2) is 6.39 Å². The van der Waals surface area contributed by atoms with Crippen LogP contribution in [0.15, 0.2) is 41.3 Å². The van der Waals surface area contributed by atoms with Gasteiger partial charge in [0.25, 0.3) is 0 Å². The lowest BCUT2D eigenvalue weighted by molar-refractivity contribution is 0.556. The maximum atomic E-state index is 4.87. The Balaban J connectivity index is 1.98. The van der Waals surface area contributed by atoms with E-state index in [4.69, 9.17) is 4.42 Å². The second-order valence-corrected chi connectivity index (χ2v) is 4.09. The van der Waals surface area contributed by atoms with Crippen molar-refractivity contribution in [3.05, 3.63) is 46.2 Å². The number of anilines is 1. The molecule has 0 saturated carbocycles. The fourth-order valence-electron chi connectivity index (χ4n) is 1.12. The predicted octanol–water partition coefficient (Wildman–Crippen LogP) is 2.89. The maximum absolute atomic E-state index is 4.87. The van der Waals surface area contributed by atoms with E-state index < -0.39 is 0 Å². The Labute approximate surface area is 95.7 Å². The highest BCUT2D eigenvalue weighted by Gasteiger charge is 1.96. The van der Waals surface area contributed by atoms with Gasteiger partial charge in [-0.2, -0.15) is 0 Å². The molecule has 1 aromatic carbocycles. The van der Waals surface area contributed by atoms with Crippen molar-refractivity contribution in [3.63, 3.8) is 0 Å². The van der Waals surface area contributed by atoms with Gasteiger partial charge in [-0.3, -0.25) is 0 Å². The molecule has 1 heterocycles. The molecule has 0 aliphatic heterocycles. The van der Waals surface area contributed by atoms with Crippen LogP contribution in [-0.4, -0.2) is 4.98 Å². The third kappa shape index (κ3) is 2.47. The normalized spacial score (nSPS) is 10.1. The summed E-state index contributed by atoms with van der Waals surface area (Å²) in [5.41, 5.74) is 2.00. The number of rotatable bonds is 3. The summed E-state index contributed by atoms with van der Waals surface area (Å²) in [7, 11) is 0. The first-order valence-corrected chi connectivity index (χ1v) is 5.29. The van der Waals surface area contributed by atoms with Gasteiger partial charge in [-0.05, 0) is 40.8 Å². The quantitative estimate of drug-likeness (QED) is 0.886. The summed E-state index contributed by atoms with van der Waals surface area (Å²) in [6, 6.07) is 8.19. The van der Waals surface area contributed by atoms with Crippen molar-refractivity contribution < 1.29 is 4.42 Å². The van der Waals surface area contributed by atoms with Crippen LogP contribution in [0.25, 0.3) is 0 Å². The van der Waals surface area contributed by atoms with Crippen LogP contribution in [0.2, 0.25) is 0 Å². The zero-order valence-corrected chi connectivity index (χ0v) is 9.56. The van der Waals surface area contributed by atoms with E-state index in [9.17, 15) is 0 Å². The molecule has 0 fully saturated rings. The van der Waals surface area contributed by atoms with E-state index >= 15 is 0 Å². The number of benzene rings is 1. The number of nitrogens with one attached hydrogen (secondary N) is 1. The number of hydrogen-bond acceptors (Lipinski definition) is 3. The average molecular weight is 300 g/mol. The Hall–Kier alpha value is -1.04. The Morgan fingerprint density at radius 3 is 3.07 bits per heavy atom. The minimum Gasteiger partial charge on any atom is -0.451 e. The van der Waals surface area contributed by atoms with Gasteiger partial charge in [0, 0.05) is 9.26 Å². The zero-order chi connectivity index (χ0) is 9.80. The summed E-state index contributed by atoms with van der Waals surface area (Å²) in [4.78, 5) is 4.02. The third-order valence-electron chi connectivity index (χ3n) is 1.78. The summed E-state index contributed by atoms with van der Waals surface area (Å²) in [6.45, 7) is 0.691. The highest BCUT2D eigenvalue weighted by Crippen LogP contribution is 2.13. The Morgan fingerprint density at radius 2 is 2.36 bits per heavy atom. The lowest BCUT2D eigenvalue weighted by atomic mass is 10.3. The highest BCUT2D eigenvalue weighted by atomic mass is 127. The summed E-state index contributed by atoms with van der Waals surface area (Å²) >= 11 is 2.28. The average Bonchev–Trinajstić information content (AvgIpc) is 2.67. The SMILES string of the molecule is Ic1cccc(NCc2cocn2)c1. The van der Waals surface area contributed by atoms with Crippen molar-refractivity contribution in [1.29, 1.82) is 0 Å². The summed E-state index contributed by atoms with van der Waals surface area (Å²) in [6.07, 6.45) is 3.08. The molecule has 0 radical (unpaired) electrons. The predicted molar refractivity (Wildman–Crippen MR) is 63.0 cm³/mol. The van der Waals surface area contributed by atoms with Crippen molar-refractivity contribution in [2.24, 2.45) is 0 Å². The monoisotopic (exact) mass is 300 g/mol. The van der Waals surface area contributed by atoms with Crippen LogP contribution in [0.4, 0.5) is 5.69 Å². The minimum atomic E-state index is 0.691. The lowest BCUT2D eigenvalue weighted by Gasteiger charge is -2.03. The molecule has 0 atom stereocenters. The highest BCUT2D eigenvalue weighted by molar-refractivity contribution is 14.1. The molecule has 2 aromatic rings. The maximum Gasteiger partial charge on any atom is 0.180 e. The van der Waals surface area contributed by atoms with E-state index in [0.717, 1.165) is 11.4 Å². The van der Waals surface area contributed by atoms with E-state index in [1.807, 2.05) is 12.1 Å². The standard InChI is InChI=1S/C10H9IN2O/c11-8-2-1-3-9(4-8)12-5-10-6-14-7-13-10/h1-4,6-7,12H,5H2. The molecule has 1 N–H and O–H groups in total. The van der Waals surface area contributed by atoms with Gasteiger partial charge in [-0.25, -0.2) is 4.98 Å². The molecule has 0 saturated heterocycles. The molecule has 2 rings (SSSR count). The van der Waals surface area contributed by atoms with E-state index in [0.29, 0.717) is 6.54 Å². The zero-order valence-electron chi connectivity index (χ0n) is 7.40. The summed E-state index contributed by atoms with van der Waals surface area (Å²) in [5.74, 6) is 0. The minimum absolute atomic E-state index is 0.691. The van der Waals surface area contributed by atoms with Crippen LogP contribution < -0.4 is 5.32 Å². The van der Waals surface area contributed by atoms with Crippen molar-refractivity contribution in [3.8, 4) is 0 Å². The van der Waals surface area contributed by atoms with Gasteiger partial charge in [0.05, 0.1) is 12.2 Å². The van der Waals surface area contributed by atoms with Crippen molar-refractivity contribution in [1.82, 2.24) is 4.98 Å². The smallest absolute Gasteiger partial charge is 0.180 e. The first-order chi connectivity index (χ1) is 6.84. The van der Waals surface area contributed by atoms with Gasteiger partial charge >= 0.3 is 0 Å². The van der Waals surface area contributed by atoms with Crippen molar-refractivity contribution in [2.75, 3.05) is 5.32 Å². The number of halogens is 1. The third-order valence-corrected chi connectivity index (χ3v) is 2.45. The van der Waals surface area contributed by atoms with Gasteiger partial charge in [0.2, 0.25) is 0 Å². The summed E-state index contributed by atoms with van der Waals surface area (Å²) in [5, 5.41) is 3.26. The van der Waals surface area contributed by atoms with E-state index in [2.05, 4.69) is 45.0 Å². The second-order valence-electron chi connectivity index (χ2n) is 2.84. The number of oxazole rings is 1. The largest absolute Gasteiger partial charge is 0.451 e. The Morgan fingerprint density at radius 1 is 1.43 bits per heavy atom. The molecular weight excluding hydrogens is 291 g/mol. The first kappa shape index (κ1) is 9.51. The van der Waals surface area contributed by atoms with E-state index in [1.54, 1.807) is 6.26 Å². The van der Waals surface area contributed by atoms with Crippen molar-refractivity contribution in [2.45, 2.75) is 6.54 Å². The van der Waals surface area contributed by atoms with Crippen LogP contribution in [0.1, 0.15) is 5.69 Å². The van der Waals surface area contributed by atoms with Crippen LogP contribution in [0.3, 0.4) is 0 Å². The Bertz CT molecular complexity index is 400. The molecule has 0 aliphatic carbocycles. The first-order valence-electron chi connectivity index (χ1n) is 4.21. The topological polar surface area (TPSA) is 38.1 Å². The van der Waals surface area contributed by atoms with Gasteiger partial charge < -0.3 is 9.73 Å². The molecule has 0 spiro atoms.